The first-order chi connectivity index (χ1) is 16.6. The van der Waals surface area contributed by atoms with E-state index in [0.717, 1.165) is 0 Å². The van der Waals surface area contributed by atoms with E-state index in [1.807, 2.05) is 0 Å². The molecule has 0 aliphatic carbocycles. The van der Waals surface area contributed by atoms with Crippen molar-refractivity contribution >= 4 is 81.4 Å². The molecule has 0 unspecified atom stereocenters. The zero-order chi connectivity index (χ0) is 24.5. The van der Waals surface area contributed by atoms with Crippen LogP contribution in [0, 0.1) is 0 Å². The molecule has 34 heavy (non-hydrogen) atoms. The lowest BCUT2D eigenvalue weighted by Crippen LogP contribution is -1.88. The first-order valence-corrected chi connectivity index (χ1v) is 8.88. The molecule has 0 radical (unpaired) electrons. The van der Waals surface area contributed by atoms with Gasteiger partial charge in [-0.25, -0.2) is 28.8 Å². The third-order valence-electron chi connectivity index (χ3n) is 4.42. The Balaban J connectivity index is 2.67. The van der Waals surface area contributed by atoms with Crippen molar-refractivity contribution in [2.24, 2.45) is 30.0 Å². The SMILES string of the molecule is O=C=Nc1cc(N=C=O)c(-c2c(N=C=O)cc(N=C=O)c3cc(N=C=O)ccc23)c(N=C=O)c1. The van der Waals surface area contributed by atoms with E-state index in [-0.39, 0.29) is 56.0 Å². The number of hydrogen-bond donors (Lipinski definition) is 0. The van der Waals surface area contributed by atoms with Crippen molar-refractivity contribution in [3.8, 4) is 11.1 Å². The number of aliphatic imine (C=N–C) groups is 6. The van der Waals surface area contributed by atoms with Crippen molar-refractivity contribution in [2.75, 3.05) is 0 Å². The highest BCUT2D eigenvalue weighted by atomic mass is 16.1. The molecule has 0 aliphatic heterocycles. The summed E-state index contributed by atoms with van der Waals surface area (Å²) >= 11 is 0. The van der Waals surface area contributed by atoms with Crippen LogP contribution in [-0.2, 0) is 28.8 Å². The van der Waals surface area contributed by atoms with Gasteiger partial charge in [0.25, 0.3) is 0 Å². The van der Waals surface area contributed by atoms with Crippen molar-refractivity contribution in [3.05, 3.63) is 36.4 Å². The quantitative estimate of drug-likeness (QED) is 0.382. The van der Waals surface area contributed by atoms with Crippen molar-refractivity contribution in [2.45, 2.75) is 0 Å². The van der Waals surface area contributed by atoms with Gasteiger partial charge in [-0.3, -0.25) is 0 Å². The lowest BCUT2D eigenvalue weighted by molar-refractivity contribution is 0.564. The van der Waals surface area contributed by atoms with Crippen LogP contribution in [0.2, 0.25) is 0 Å². The fourth-order valence-electron chi connectivity index (χ4n) is 3.29. The number of rotatable bonds is 7. The molecule has 0 bridgehead atoms. The minimum Gasteiger partial charge on any atom is -0.211 e. The van der Waals surface area contributed by atoms with Gasteiger partial charge < -0.3 is 0 Å². The first kappa shape index (κ1) is 22.9. The number of isocyanates is 6. The van der Waals surface area contributed by atoms with Crippen LogP contribution in [0.1, 0.15) is 0 Å². The van der Waals surface area contributed by atoms with E-state index >= 15 is 0 Å². The predicted molar refractivity (Wildman–Crippen MR) is 116 cm³/mol. The molecule has 12 heteroatoms. The summed E-state index contributed by atoms with van der Waals surface area (Å²) in [6.45, 7) is 0. The Hall–Kier alpha value is -5.80. The number of hydrogen-bond acceptors (Lipinski definition) is 12. The fraction of sp³-hybridized carbons (Fsp3) is 0. The highest BCUT2D eigenvalue weighted by Crippen LogP contribution is 2.50. The molecular weight excluding hydrogens is 444 g/mol. The van der Waals surface area contributed by atoms with Gasteiger partial charge in [-0.1, -0.05) is 6.07 Å². The van der Waals surface area contributed by atoms with Gasteiger partial charge in [0.2, 0.25) is 36.5 Å². The molecule has 3 aromatic rings. The minimum absolute atomic E-state index is 0.00354. The molecule has 3 rings (SSSR count). The van der Waals surface area contributed by atoms with Crippen LogP contribution in [-0.4, -0.2) is 36.5 Å². The molecule has 0 fully saturated rings. The van der Waals surface area contributed by atoms with Crippen LogP contribution in [0.4, 0.5) is 34.1 Å². The number of benzene rings is 3. The van der Waals surface area contributed by atoms with Crippen molar-refractivity contribution < 1.29 is 28.8 Å². The lowest BCUT2D eigenvalue weighted by Gasteiger charge is -2.15. The van der Waals surface area contributed by atoms with Crippen molar-refractivity contribution in [3.63, 3.8) is 0 Å². The van der Waals surface area contributed by atoms with Crippen molar-refractivity contribution in [1.29, 1.82) is 0 Å². The maximum atomic E-state index is 11.2. The van der Waals surface area contributed by atoms with Gasteiger partial charge in [0, 0.05) is 16.5 Å². The van der Waals surface area contributed by atoms with Gasteiger partial charge in [0.1, 0.15) is 0 Å². The topological polar surface area (TPSA) is 177 Å². The smallest absolute Gasteiger partial charge is 0.211 e. The van der Waals surface area contributed by atoms with Gasteiger partial charge in [0.05, 0.1) is 34.1 Å². The maximum Gasteiger partial charge on any atom is 0.240 e. The minimum atomic E-state index is -0.147. The van der Waals surface area contributed by atoms with E-state index in [2.05, 4.69) is 30.0 Å². The molecule has 0 amide bonds. The van der Waals surface area contributed by atoms with E-state index in [9.17, 15) is 28.8 Å². The second kappa shape index (κ2) is 10.5. The summed E-state index contributed by atoms with van der Waals surface area (Å²) in [6.07, 6.45) is 8.15. The summed E-state index contributed by atoms with van der Waals surface area (Å²) in [4.78, 5) is 87.3. The third kappa shape index (κ3) is 4.44. The van der Waals surface area contributed by atoms with Gasteiger partial charge >= 0.3 is 0 Å². The van der Waals surface area contributed by atoms with Gasteiger partial charge in [-0.05, 0) is 35.7 Å². The molecule has 0 saturated heterocycles. The molecule has 0 saturated carbocycles. The van der Waals surface area contributed by atoms with E-state index in [0.29, 0.717) is 0 Å². The second-order valence-corrected chi connectivity index (χ2v) is 6.10. The summed E-state index contributed by atoms with van der Waals surface area (Å²) in [6, 6.07) is 7.90. The lowest BCUT2D eigenvalue weighted by atomic mass is 9.92. The summed E-state index contributed by atoms with van der Waals surface area (Å²) in [7, 11) is 0. The zero-order valence-corrected chi connectivity index (χ0v) is 16.6. The number of fused-ring (bicyclic) bond motifs is 1. The van der Waals surface area contributed by atoms with Crippen LogP contribution in [0.3, 0.4) is 0 Å². The van der Waals surface area contributed by atoms with Crippen LogP contribution in [0.15, 0.2) is 66.4 Å². The molecule has 0 heterocycles. The molecule has 0 N–H and O–H groups in total. The summed E-state index contributed by atoms with van der Waals surface area (Å²) in [5.74, 6) is 0. The fourth-order valence-corrected chi connectivity index (χ4v) is 3.29. The van der Waals surface area contributed by atoms with Gasteiger partial charge in [0.15, 0.2) is 0 Å². The molecule has 0 aromatic heterocycles. The van der Waals surface area contributed by atoms with Crippen molar-refractivity contribution in [1.82, 2.24) is 0 Å². The number of nitrogens with zero attached hydrogens (tertiary/aromatic N) is 6. The summed E-state index contributed by atoms with van der Waals surface area (Å²) < 4.78 is 0. The predicted octanol–water partition coefficient (Wildman–Crippen LogP) is 4.31. The molecular formula is C22H6N6O6. The normalized spacial score (nSPS) is 9.18. The van der Waals surface area contributed by atoms with Crippen LogP contribution >= 0.6 is 0 Å². The zero-order valence-electron chi connectivity index (χ0n) is 16.6. The summed E-state index contributed by atoms with van der Waals surface area (Å²) in [5, 5.41) is 0.517. The standard InChI is InChI=1S/C22H6N6O6/c29-7-23-13-1-2-15-16(3-13)17(25-9-31)6-20(28-12-34)21(15)22-18(26-10-32)4-14(24-8-30)5-19(22)27-11-33/h1-6H. The molecule has 0 spiro atoms. The van der Waals surface area contributed by atoms with Crippen LogP contribution in [0.5, 0.6) is 0 Å². The highest BCUT2D eigenvalue weighted by Gasteiger charge is 2.21. The number of carbonyl (C=O) groups excluding carboxylic acids is 6. The van der Waals surface area contributed by atoms with E-state index in [1.165, 1.54) is 72.9 Å². The largest absolute Gasteiger partial charge is 0.240 e. The Morgan fingerprint density at radius 3 is 1.41 bits per heavy atom. The van der Waals surface area contributed by atoms with E-state index < -0.39 is 0 Å². The average Bonchev–Trinajstić information content (AvgIpc) is 2.81. The van der Waals surface area contributed by atoms with Crippen LogP contribution in [0.25, 0.3) is 21.9 Å². The van der Waals surface area contributed by atoms with E-state index in [1.54, 1.807) is 0 Å². The molecule has 12 nitrogen and oxygen atoms in total. The highest BCUT2D eigenvalue weighted by molar-refractivity contribution is 6.12. The molecule has 3 aromatic carbocycles. The Morgan fingerprint density at radius 2 is 0.882 bits per heavy atom. The molecule has 0 aliphatic rings. The average molecular weight is 450 g/mol. The molecule has 0 atom stereocenters. The summed E-state index contributed by atoms with van der Waals surface area (Å²) in [5.41, 5.74) is -0.158. The Kier molecular flexibility index (Phi) is 7.05. The third-order valence-corrected chi connectivity index (χ3v) is 4.42. The van der Waals surface area contributed by atoms with Crippen LogP contribution < -0.4 is 0 Å². The first-order valence-electron chi connectivity index (χ1n) is 8.88. The Bertz CT molecular complexity index is 1600. The Morgan fingerprint density at radius 1 is 0.412 bits per heavy atom. The van der Waals surface area contributed by atoms with E-state index in [4.69, 9.17) is 0 Å². The maximum absolute atomic E-state index is 11.2. The molecule has 160 valence electrons. The Labute approximate surface area is 188 Å². The second-order valence-electron chi connectivity index (χ2n) is 6.10. The van der Waals surface area contributed by atoms with Gasteiger partial charge in [-0.2, -0.15) is 30.0 Å². The van der Waals surface area contributed by atoms with Gasteiger partial charge in [-0.15, -0.1) is 0 Å². The monoisotopic (exact) mass is 450 g/mol.